The van der Waals surface area contributed by atoms with Crippen LogP contribution in [0.15, 0.2) is 56.8 Å². The summed E-state index contributed by atoms with van der Waals surface area (Å²) >= 11 is 0. The Morgan fingerprint density at radius 1 is 0.872 bits per heavy atom. The summed E-state index contributed by atoms with van der Waals surface area (Å²) in [4.78, 5) is 68.1. The first-order valence-corrected chi connectivity index (χ1v) is 15.1. The van der Waals surface area contributed by atoms with Crippen molar-refractivity contribution in [2.24, 2.45) is 5.92 Å². The van der Waals surface area contributed by atoms with Crippen molar-refractivity contribution in [1.29, 1.82) is 0 Å². The van der Waals surface area contributed by atoms with Crippen LogP contribution in [0.3, 0.4) is 0 Å². The van der Waals surface area contributed by atoms with E-state index in [1.807, 2.05) is 19.9 Å². The minimum atomic E-state index is -0.840. The number of aromatic amines is 2. The summed E-state index contributed by atoms with van der Waals surface area (Å²) in [6.45, 7) is 5.11. The van der Waals surface area contributed by atoms with Crippen molar-refractivity contribution >= 4 is 34.2 Å². The second-order valence-corrected chi connectivity index (χ2v) is 11.6. The standard InChI is InChI=1S/C34H37N5O8/c1-16(2)29(32(42)36-19-8-11-23-25(14-19)39-34(44)33(43)38-23)37-24-12-9-20-21(15-26(24)41)22(35-17(3)40)10-7-18-13-27(45-4)30(46-5)31(47-6)28(18)20/h8-9,11-16,22,29H,7,10H2,1-6H3,(H,35,40)(H,36,42)(H,37,41)(H,38,43)(H,39,44)/t22-,29+/m0/s1. The topological polar surface area (TPSA) is 181 Å². The molecule has 4 aromatic rings. The number of aryl methyl sites for hydroxylation is 1. The molecule has 1 aromatic heterocycles. The Kier molecular flexibility index (Phi) is 9.36. The van der Waals surface area contributed by atoms with Crippen LogP contribution in [-0.2, 0) is 16.0 Å². The van der Waals surface area contributed by atoms with Gasteiger partial charge in [0, 0.05) is 18.2 Å². The van der Waals surface area contributed by atoms with E-state index in [-0.39, 0.29) is 22.9 Å². The summed E-state index contributed by atoms with van der Waals surface area (Å²) in [5, 5.41) is 8.95. The van der Waals surface area contributed by atoms with Gasteiger partial charge in [-0.1, -0.05) is 19.9 Å². The van der Waals surface area contributed by atoms with Crippen molar-refractivity contribution in [3.05, 3.63) is 84.5 Å². The molecule has 5 N–H and O–H groups in total. The third-order valence-electron chi connectivity index (χ3n) is 8.17. The Hall–Kier alpha value is -5.59. The largest absolute Gasteiger partial charge is 0.493 e. The molecule has 47 heavy (non-hydrogen) atoms. The number of anilines is 2. The maximum absolute atomic E-state index is 13.8. The fraction of sp³-hybridized carbons (Fsp3) is 0.324. The summed E-state index contributed by atoms with van der Waals surface area (Å²) in [5.74, 6) is 0.404. The molecule has 0 saturated heterocycles. The number of carbonyl (C=O) groups is 2. The van der Waals surface area contributed by atoms with Gasteiger partial charge in [0.25, 0.3) is 0 Å². The number of hydrogen-bond donors (Lipinski definition) is 5. The van der Waals surface area contributed by atoms with Gasteiger partial charge in [0.15, 0.2) is 11.5 Å². The van der Waals surface area contributed by atoms with E-state index in [2.05, 4.69) is 25.9 Å². The first kappa shape index (κ1) is 32.8. The lowest BCUT2D eigenvalue weighted by molar-refractivity contribution is -0.120. The van der Waals surface area contributed by atoms with Crippen LogP contribution in [0.25, 0.3) is 22.2 Å². The van der Waals surface area contributed by atoms with E-state index in [0.717, 1.165) is 5.56 Å². The minimum Gasteiger partial charge on any atom is -0.493 e. The monoisotopic (exact) mass is 643 g/mol. The number of H-pyrrole nitrogens is 2. The van der Waals surface area contributed by atoms with Crippen molar-refractivity contribution < 1.29 is 23.8 Å². The summed E-state index contributed by atoms with van der Waals surface area (Å²) in [7, 11) is 4.59. The number of ether oxygens (including phenoxy) is 3. The Bertz CT molecular complexity index is 2050. The molecule has 246 valence electrons. The van der Waals surface area contributed by atoms with Gasteiger partial charge in [-0.25, -0.2) is 0 Å². The van der Waals surface area contributed by atoms with Gasteiger partial charge in [-0.2, -0.15) is 0 Å². The van der Waals surface area contributed by atoms with E-state index in [9.17, 15) is 24.0 Å². The van der Waals surface area contributed by atoms with E-state index in [1.54, 1.807) is 31.4 Å². The van der Waals surface area contributed by atoms with Crippen LogP contribution in [0.2, 0.25) is 0 Å². The van der Waals surface area contributed by atoms with E-state index in [0.29, 0.717) is 63.5 Å². The number of carbonyl (C=O) groups excluding carboxylic acids is 2. The van der Waals surface area contributed by atoms with Gasteiger partial charge in [0.1, 0.15) is 6.04 Å². The zero-order chi connectivity index (χ0) is 34.0. The second-order valence-electron chi connectivity index (χ2n) is 11.6. The van der Waals surface area contributed by atoms with E-state index >= 15 is 0 Å². The predicted molar refractivity (Wildman–Crippen MR) is 179 cm³/mol. The van der Waals surface area contributed by atoms with Crippen LogP contribution in [0, 0.1) is 5.92 Å². The molecule has 2 atom stereocenters. The molecule has 0 unspecified atom stereocenters. The number of methoxy groups -OCH3 is 3. The maximum Gasteiger partial charge on any atom is 0.314 e. The molecular formula is C34H37N5O8. The second kappa shape index (κ2) is 13.4. The van der Waals surface area contributed by atoms with Crippen molar-refractivity contribution in [2.45, 2.75) is 45.7 Å². The molecule has 0 radical (unpaired) electrons. The smallest absolute Gasteiger partial charge is 0.314 e. The summed E-state index contributed by atoms with van der Waals surface area (Å²) < 4.78 is 17.1. The maximum atomic E-state index is 13.8. The average Bonchev–Trinajstić information content (AvgIpc) is 3.27. The number of amides is 2. The van der Waals surface area contributed by atoms with Crippen LogP contribution in [-0.4, -0.2) is 49.2 Å². The van der Waals surface area contributed by atoms with Gasteiger partial charge in [0.2, 0.25) is 23.0 Å². The molecule has 5 rings (SSSR count). The molecule has 13 heteroatoms. The van der Waals surface area contributed by atoms with Crippen molar-refractivity contribution in [3.63, 3.8) is 0 Å². The van der Waals surface area contributed by atoms with Crippen LogP contribution in [0.5, 0.6) is 17.2 Å². The number of fused-ring (bicyclic) bond motifs is 4. The highest BCUT2D eigenvalue weighted by atomic mass is 16.5. The number of hydrogen-bond acceptors (Lipinski definition) is 9. The fourth-order valence-electron chi connectivity index (χ4n) is 5.94. The van der Waals surface area contributed by atoms with Gasteiger partial charge >= 0.3 is 11.1 Å². The summed E-state index contributed by atoms with van der Waals surface area (Å²) in [6, 6.07) is 10.1. The molecule has 1 aliphatic rings. The minimum absolute atomic E-state index is 0.176. The van der Waals surface area contributed by atoms with Crippen LogP contribution >= 0.6 is 0 Å². The van der Waals surface area contributed by atoms with Gasteiger partial charge < -0.3 is 40.1 Å². The molecule has 2 amide bonds. The van der Waals surface area contributed by atoms with Gasteiger partial charge in [-0.05, 0) is 71.8 Å². The first-order valence-electron chi connectivity index (χ1n) is 15.1. The lowest BCUT2D eigenvalue weighted by atomic mass is 9.95. The van der Waals surface area contributed by atoms with E-state index in [4.69, 9.17) is 14.2 Å². The highest BCUT2D eigenvalue weighted by Crippen LogP contribution is 2.50. The predicted octanol–water partition coefficient (Wildman–Crippen LogP) is 3.47. The first-order chi connectivity index (χ1) is 22.4. The average molecular weight is 644 g/mol. The molecule has 0 fully saturated rings. The third kappa shape index (κ3) is 6.55. The van der Waals surface area contributed by atoms with Gasteiger partial charge in [0.05, 0.1) is 44.1 Å². The molecule has 0 saturated carbocycles. The fourth-order valence-corrected chi connectivity index (χ4v) is 5.94. The molecule has 0 bridgehead atoms. The van der Waals surface area contributed by atoms with Crippen molar-refractivity contribution in [2.75, 3.05) is 32.0 Å². The normalized spacial score (nSPS) is 14.3. The number of nitrogens with one attached hydrogen (secondary N) is 5. The highest BCUT2D eigenvalue weighted by molar-refractivity contribution is 5.98. The molecule has 1 aliphatic carbocycles. The number of aromatic nitrogens is 2. The molecule has 0 spiro atoms. The Balaban J connectivity index is 1.57. The molecule has 13 nitrogen and oxygen atoms in total. The Morgan fingerprint density at radius 2 is 1.57 bits per heavy atom. The zero-order valence-corrected chi connectivity index (χ0v) is 27.0. The Morgan fingerprint density at radius 3 is 2.21 bits per heavy atom. The molecule has 0 aliphatic heterocycles. The molecule has 3 aromatic carbocycles. The quantitative estimate of drug-likeness (QED) is 0.171. The van der Waals surface area contributed by atoms with Crippen molar-refractivity contribution in [3.8, 4) is 28.4 Å². The lowest BCUT2D eigenvalue weighted by Gasteiger charge is -2.22. The number of rotatable bonds is 9. The lowest BCUT2D eigenvalue weighted by Crippen LogP contribution is -2.40. The van der Waals surface area contributed by atoms with Gasteiger partial charge in [-0.15, -0.1) is 0 Å². The van der Waals surface area contributed by atoms with E-state index < -0.39 is 29.1 Å². The summed E-state index contributed by atoms with van der Waals surface area (Å²) in [5.41, 5.74) is 2.21. The number of benzene rings is 2. The zero-order valence-electron chi connectivity index (χ0n) is 27.0. The van der Waals surface area contributed by atoms with Crippen LogP contribution < -0.4 is 46.7 Å². The Labute approximate surface area is 269 Å². The SMILES string of the molecule is COc1cc2c(c(OC)c1OC)-c1ccc(N[C@@H](C(=O)Nc3ccc4[nH]c(=O)c(=O)[nH]c4c3)C(C)C)c(=O)cc1[C@@H](NC(C)=O)CC2. The van der Waals surface area contributed by atoms with Gasteiger partial charge in [-0.3, -0.25) is 24.0 Å². The summed E-state index contributed by atoms with van der Waals surface area (Å²) in [6.07, 6.45) is 1.06. The van der Waals surface area contributed by atoms with Crippen LogP contribution in [0.1, 0.15) is 44.4 Å². The third-order valence-corrected chi connectivity index (χ3v) is 8.17. The van der Waals surface area contributed by atoms with E-state index in [1.165, 1.54) is 33.3 Å². The van der Waals surface area contributed by atoms with Crippen LogP contribution in [0.4, 0.5) is 11.4 Å². The molecular weight excluding hydrogens is 606 g/mol. The van der Waals surface area contributed by atoms with Crippen molar-refractivity contribution in [1.82, 2.24) is 15.3 Å². The highest BCUT2D eigenvalue weighted by Gasteiger charge is 2.30. The molecule has 1 heterocycles.